The fourth-order valence-corrected chi connectivity index (χ4v) is 5.10. The molecule has 0 bridgehead atoms. The fourth-order valence-electron chi connectivity index (χ4n) is 3.63. The Morgan fingerprint density at radius 2 is 1.94 bits per heavy atom. The van der Waals surface area contributed by atoms with Crippen molar-refractivity contribution in [3.05, 3.63) is 48.2 Å². The molecule has 0 radical (unpaired) electrons. The van der Waals surface area contributed by atoms with Gasteiger partial charge >= 0.3 is 6.18 Å². The minimum Gasteiger partial charge on any atom is -0.495 e. The first-order chi connectivity index (χ1) is 16.9. The van der Waals surface area contributed by atoms with Crippen LogP contribution in [0.3, 0.4) is 0 Å². The number of primary sulfonamides is 1. The summed E-state index contributed by atoms with van der Waals surface area (Å²) in [7, 11) is -2.52. The maximum atomic E-state index is 13.4. The van der Waals surface area contributed by atoms with Gasteiger partial charge in [0.25, 0.3) is 0 Å². The van der Waals surface area contributed by atoms with E-state index in [1.54, 1.807) is 18.2 Å². The van der Waals surface area contributed by atoms with Crippen LogP contribution in [0.15, 0.2) is 47.4 Å². The number of rotatable bonds is 9. The lowest BCUT2D eigenvalue weighted by Gasteiger charge is -2.15. The number of methoxy groups -OCH3 is 1. The molecule has 0 aliphatic carbocycles. The Hall–Kier alpha value is -2.63. The Balaban J connectivity index is 1.90. The van der Waals surface area contributed by atoms with Gasteiger partial charge in [-0.25, -0.2) is 13.6 Å². The third-order valence-electron chi connectivity index (χ3n) is 5.31. The Kier molecular flexibility index (Phi) is 9.02. The number of sulfonamides is 1. The van der Waals surface area contributed by atoms with Gasteiger partial charge in [-0.1, -0.05) is 34.6 Å². The molecule has 0 aliphatic rings. The van der Waals surface area contributed by atoms with Crippen molar-refractivity contribution in [2.75, 3.05) is 28.7 Å². The lowest BCUT2D eigenvalue weighted by molar-refractivity contribution is -0.140. The molecule has 1 aromatic heterocycles. The molecule has 0 aliphatic heterocycles. The van der Waals surface area contributed by atoms with Crippen LogP contribution in [0.4, 0.5) is 24.5 Å². The van der Waals surface area contributed by atoms with Crippen LogP contribution >= 0.6 is 22.6 Å². The molecule has 4 N–H and O–H groups in total. The minimum absolute atomic E-state index is 0.0798. The van der Waals surface area contributed by atoms with Gasteiger partial charge in [0, 0.05) is 27.6 Å². The van der Waals surface area contributed by atoms with Crippen molar-refractivity contribution in [1.29, 1.82) is 0 Å². The van der Waals surface area contributed by atoms with Gasteiger partial charge in [-0.15, -0.1) is 0 Å². The molecule has 1 unspecified atom stereocenters. The van der Waals surface area contributed by atoms with Crippen LogP contribution in [0.5, 0.6) is 5.75 Å². The first-order valence-electron chi connectivity index (χ1n) is 10.9. The maximum absolute atomic E-state index is 13.4. The predicted octanol–water partition coefficient (Wildman–Crippen LogP) is 4.95. The Labute approximate surface area is 221 Å². The molecule has 2 aromatic carbocycles. The Bertz CT molecular complexity index is 1400. The number of hydrogen-bond acceptors (Lipinski definition) is 5. The van der Waals surface area contributed by atoms with Crippen LogP contribution in [0.25, 0.3) is 10.9 Å². The average Bonchev–Trinajstić information content (AvgIpc) is 3.13. The zero-order chi connectivity index (χ0) is 26.5. The van der Waals surface area contributed by atoms with Crippen molar-refractivity contribution in [2.24, 2.45) is 5.14 Å². The molecule has 3 aromatic rings. The lowest BCUT2D eigenvalue weighted by Crippen LogP contribution is -2.18. The largest absolute Gasteiger partial charge is 0.495 e. The summed E-state index contributed by atoms with van der Waals surface area (Å²) < 4.78 is 70.6. The molecule has 0 saturated heterocycles. The van der Waals surface area contributed by atoms with E-state index in [2.05, 4.69) is 45.1 Å². The van der Waals surface area contributed by atoms with Gasteiger partial charge in [0.15, 0.2) is 0 Å². The number of anilines is 2. The highest BCUT2D eigenvalue weighted by Gasteiger charge is 2.30. The second-order valence-corrected chi connectivity index (χ2v) is 10.7. The minimum atomic E-state index is -4.42. The second kappa shape index (κ2) is 11.6. The summed E-state index contributed by atoms with van der Waals surface area (Å²) in [6.07, 6.45) is -3.50. The van der Waals surface area contributed by atoms with Crippen molar-refractivity contribution in [1.82, 2.24) is 4.57 Å². The number of nitrogens with two attached hydrogens (primary N) is 1. The number of aromatic nitrogens is 1. The van der Waals surface area contributed by atoms with Gasteiger partial charge in [0.1, 0.15) is 12.3 Å². The summed E-state index contributed by atoms with van der Waals surface area (Å²) in [6.45, 7) is 0.945. The molecule has 0 saturated carbocycles. The highest BCUT2D eigenvalue weighted by molar-refractivity contribution is 14.1. The number of alkyl halides is 4. The number of hydrogen-bond donors (Lipinski definition) is 3. The number of ether oxygens (including phenoxy) is 1. The van der Waals surface area contributed by atoms with Gasteiger partial charge < -0.3 is 19.9 Å². The zero-order valence-corrected chi connectivity index (χ0v) is 22.6. The van der Waals surface area contributed by atoms with Crippen LogP contribution in [0.2, 0.25) is 0 Å². The second-order valence-electron chi connectivity index (χ2n) is 8.05. The van der Waals surface area contributed by atoms with E-state index in [1.165, 1.54) is 25.3 Å². The Morgan fingerprint density at radius 3 is 2.58 bits per heavy atom. The lowest BCUT2D eigenvalue weighted by atomic mass is 10.1. The first kappa shape index (κ1) is 27.9. The molecule has 3 rings (SSSR count). The fraction of sp³-hybridized carbons (Fsp3) is 0.333. The van der Waals surface area contributed by atoms with Crippen LogP contribution in [0, 0.1) is 11.8 Å². The average molecular weight is 634 g/mol. The highest BCUT2D eigenvalue weighted by atomic mass is 127. The standard InChI is InChI=1S/C24H26F3IN4O3S/c1-16(10-11-28)31-20-6-3-7-22-19(20)13-17(32(22)15-24(25,26)27)5-4-12-30-21-9-8-18(36(29,33)34)14-23(21)35-2/h3,6-9,13-14,16,30-31H,10-12,15H2,1-2H3,(H2,29,33,34). The SMILES string of the molecule is COc1cc(S(N)(=O)=O)ccc1NCC#Cc1cc2c(NC(C)CCI)cccc2n1CC(F)(F)F. The van der Waals surface area contributed by atoms with Gasteiger partial charge in [0.2, 0.25) is 10.0 Å². The number of nitrogens with one attached hydrogen (secondary N) is 2. The number of halogens is 4. The van der Waals surface area contributed by atoms with E-state index in [1.807, 2.05) is 13.0 Å². The molecule has 12 heteroatoms. The van der Waals surface area contributed by atoms with E-state index in [0.29, 0.717) is 16.6 Å². The summed E-state index contributed by atoms with van der Waals surface area (Å²) in [5.74, 6) is 5.93. The predicted molar refractivity (Wildman–Crippen MR) is 144 cm³/mol. The molecular weight excluding hydrogens is 608 g/mol. The van der Waals surface area contributed by atoms with Crippen molar-refractivity contribution >= 4 is 54.9 Å². The van der Waals surface area contributed by atoms with Gasteiger partial charge in [-0.05, 0) is 49.6 Å². The molecule has 7 nitrogen and oxygen atoms in total. The maximum Gasteiger partial charge on any atom is 0.406 e. The van der Waals surface area contributed by atoms with Crippen LogP contribution in [-0.2, 0) is 16.6 Å². The van der Waals surface area contributed by atoms with Crippen LogP contribution < -0.4 is 20.5 Å². The van der Waals surface area contributed by atoms with Crippen molar-refractivity contribution in [3.8, 4) is 17.6 Å². The molecule has 0 spiro atoms. The van der Waals surface area contributed by atoms with Crippen LogP contribution in [0.1, 0.15) is 19.0 Å². The zero-order valence-electron chi connectivity index (χ0n) is 19.6. The molecule has 36 heavy (non-hydrogen) atoms. The monoisotopic (exact) mass is 634 g/mol. The van der Waals surface area contributed by atoms with Gasteiger partial charge in [-0.2, -0.15) is 13.2 Å². The van der Waals surface area contributed by atoms with Crippen molar-refractivity contribution < 1.29 is 26.3 Å². The molecule has 1 atom stereocenters. The van der Waals surface area contributed by atoms with E-state index in [-0.39, 0.29) is 28.9 Å². The van der Waals surface area contributed by atoms with E-state index in [4.69, 9.17) is 9.88 Å². The van der Waals surface area contributed by atoms with Gasteiger partial charge in [-0.3, -0.25) is 0 Å². The van der Waals surface area contributed by atoms with Crippen molar-refractivity contribution in [2.45, 2.75) is 37.0 Å². The summed E-state index contributed by atoms with van der Waals surface area (Å²) >= 11 is 2.29. The molecule has 0 fully saturated rings. The normalized spacial score (nSPS) is 12.6. The summed E-state index contributed by atoms with van der Waals surface area (Å²) in [5.41, 5.74) is 1.89. The van der Waals surface area contributed by atoms with E-state index < -0.39 is 22.7 Å². The molecule has 0 amide bonds. The summed E-state index contributed by atoms with van der Waals surface area (Å²) in [4.78, 5) is -0.107. The van der Waals surface area contributed by atoms with Crippen LogP contribution in [-0.4, -0.2) is 43.3 Å². The van der Waals surface area contributed by atoms with E-state index >= 15 is 0 Å². The van der Waals surface area contributed by atoms with E-state index in [0.717, 1.165) is 21.1 Å². The van der Waals surface area contributed by atoms with Crippen molar-refractivity contribution in [3.63, 3.8) is 0 Å². The third kappa shape index (κ3) is 7.21. The summed E-state index contributed by atoms with van der Waals surface area (Å²) in [5, 5.41) is 12.2. The quantitative estimate of drug-likeness (QED) is 0.176. The number of fused-ring (bicyclic) bond motifs is 1. The topological polar surface area (TPSA) is 98.4 Å². The summed E-state index contributed by atoms with van der Waals surface area (Å²) in [6, 6.07) is 11.1. The Morgan fingerprint density at radius 1 is 1.19 bits per heavy atom. The highest BCUT2D eigenvalue weighted by Crippen LogP contribution is 2.31. The molecular formula is C24H26F3IN4O3S. The first-order valence-corrected chi connectivity index (χ1v) is 13.9. The molecule has 194 valence electrons. The number of benzene rings is 2. The van der Waals surface area contributed by atoms with Gasteiger partial charge in [0.05, 0.1) is 35.4 Å². The smallest absolute Gasteiger partial charge is 0.406 e. The third-order valence-corrected chi connectivity index (χ3v) is 6.85. The molecule has 1 heterocycles. The number of nitrogens with zero attached hydrogens (tertiary/aromatic N) is 1. The van der Waals surface area contributed by atoms with E-state index in [9.17, 15) is 21.6 Å².